The number of rotatable bonds is 3. The maximum Gasteiger partial charge on any atom is 0.242 e. The lowest BCUT2D eigenvalue weighted by molar-refractivity contribution is -0.121. The number of carbonyl (C=O) groups is 1. The Morgan fingerprint density at radius 3 is 3.16 bits per heavy atom. The molecule has 1 amide bonds. The molecule has 19 heavy (non-hydrogen) atoms. The first kappa shape index (κ1) is 12.4. The van der Waals surface area contributed by atoms with Crippen molar-refractivity contribution in [3.8, 4) is 0 Å². The number of aryl methyl sites for hydroxylation is 1. The number of hydrogen-bond donors (Lipinski definition) is 3. The zero-order valence-corrected chi connectivity index (χ0v) is 11.0. The molecule has 1 saturated heterocycles. The fourth-order valence-corrected chi connectivity index (χ4v) is 2.62. The van der Waals surface area contributed by atoms with Crippen molar-refractivity contribution in [3.63, 3.8) is 0 Å². The topological polar surface area (TPSA) is 62.4 Å². The molecule has 102 valence electrons. The van der Waals surface area contributed by atoms with Crippen LogP contribution in [0, 0.1) is 6.92 Å². The van der Waals surface area contributed by atoms with E-state index in [1.54, 1.807) is 0 Å². The Morgan fingerprint density at radius 2 is 2.42 bits per heavy atom. The molecule has 5 nitrogen and oxygen atoms in total. The second-order valence-corrected chi connectivity index (χ2v) is 5.17. The summed E-state index contributed by atoms with van der Waals surface area (Å²) in [4.78, 5) is 12.1. The number of carbonyl (C=O) groups excluding carboxylic acids is 1. The Kier molecular flexibility index (Phi) is 3.40. The van der Waals surface area contributed by atoms with Gasteiger partial charge in [0.2, 0.25) is 5.91 Å². The summed E-state index contributed by atoms with van der Waals surface area (Å²) in [7, 11) is 0. The highest BCUT2D eigenvalue weighted by Crippen LogP contribution is 2.28. The maximum atomic E-state index is 12.1. The van der Waals surface area contributed by atoms with Crippen molar-refractivity contribution in [1.29, 1.82) is 0 Å². The van der Waals surface area contributed by atoms with Gasteiger partial charge >= 0.3 is 0 Å². The Bertz CT molecular complexity index is 484. The molecular formula is C14H19N3O2. The van der Waals surface area contributed by atoms with E-state index in [1.807, 2.05) is 6.07 Å². The highest BCUT2D eigenvalue weighted by Gasteiger charge is 2.28. The van der Waals surface area contributed by atoms with Crippen LogP contribution < -0.4 is 16.0 Å². The molecule has 1 aromatic rings. The number of ether oxygens (including phenoxy) is 1. The van der Waals surface area contributed by atoms with Gasteiger partial charge in [-0.2, -0.15) is 0 Å². The predicted octanol–water partition coefficient (Wildman–Crippen LogP) is 0.394. The fourth-order valence-electron chi connectivity index (χ4n) is 2.62. The Balaban J connectivity index is 1.56. The van der Waals surface area contributed by atoms with Crippen molar-refractivity contribution in [3.05, 3.63) is 29.3 Å². The molecule has 0 saturated carbocycles. The summed E-state index contributed by atoms with van der Waals surface area (Å²) < 4.78 is 5.20. The average Bonchev–Trinajstić information content (AvgIpc) is 3.05. The summed E-state index contributed by atoms with van der Waals surface area (Å²) in [5.41, 5.74) is 3.53. The van der Waals surface area contributed by atoms with Crippen LogP contribution in [0.3, 0.4) is 0 Å². The van der Waals surface area contributed by atoms with Crippen LogP contribution in [0.2, 0.25) is 0 Å². The third-order valence-electron chi connectivity index (χ3n) is 3.73. The molecule has 0 radical (unpaired) electrons. The van der Waals surface area contributed by atoms with Crippen LogP contribution in [0.4, 0.5) is 5.69 Å². The van der Waals surface area contributed by atoms with E-state index < -0.39 is 0 Å². The first-order valence-electron chi connectivity index (χ1n) is 6.68. The van der Waals surface area contributed by atoms with E-state index in [0.717, 1.165) is 12.1 Å². The zero-order chi connectivity index (χ0) is 13.2. The van der Waals surface area contributed by atoms with Gasteiger partial charge in [-0.15, -0.1) is 0 Å². The molecule has 0 aliphatic carbocycles. The number of nitrogens with one attached hydrogen (secondary N) is 3. The van der Waals surface area contributed by atoms with Crippen molar-refractivity contribution in [2.24, 2.45) is 0 Å². The molecule has 0 bridgehead atoms. The molecule has 0 aromatic heterocycles. The first-order valence-corrected chi connectivity index (χ1v) is 6.68. The van der Waals surface area contributed by atoms with Crippen LogP contribution in [-0.4, -0.2) is 37.9 Å². The van der Waals surface area contributed by atoms with Gasteiger partial charge in [0, 0.05) is 24.7 Å². The number of fused-ring (bicyclic) bond motifs is 1. The summed E-state index contributed by atoms with van der Waals surface area (Å²) in [6.07, 6.45) is 0.761. The van der Waals surface area contributed by atoms with Gasteiger partial charge in [0.15, 0.2) is 0 Å². The molecule has 2 aliphatic rings. The van der Waals surface area contributed by atoms with Crippen LogP contribution >= 0.6 is 0 Å². The molecule has 2 aliphatic heterocycles. The van der Waals surface area contributed by atoms with Crippen molar-refractivity contribution in [1.82, 2.24) is 10.6 Å². The summed E-state index contributed by atoms with van der Waals surface area (Å²) in [6, 6.07) is 6.25. The van der Waals surface area contributed by atoms with E-state index in [1.165, 1.54) is 11.1 Å². The number of benzene rings is 1. The van der Waals surface area contributed by atoms with Crippen molar-refractivity contribution < 1.29 is 9.53 Å². The smallest absolute Gasteiger partial charge is 0.242 e. The standard InChI is InChI=1S/C14H19N3O2/c1-9-3-2-4-10-5-12(17-13(9)10)14(18)15-6-11-7-19-8-16-11/h2-4,11-12,16-17H,5-8H2,1H3,(H,15,18). The van der Waals surface area contributed by atoms with E-state index in [0.29, 0.717) is 19.9 Å². The van der Waals surface area contributed by atoms with E-state index in [-0.39, 0.29) is 18.0 Å². The molecule has 1 fully saturated rings. The summed E-state index contributed by atoms with van der Waals surface area (Å²) in [6.45, 7) is 3.92. The second kappa shape index (κ2) is 5.19. The van der Waals surface area contributed by atoms with Crippen LogP contribution in [-0.2, 0) is 16.0 Å². The largest absolute Gasteiger partial charge is 0.373 e. The molecule has 3 N–H and O–H groups in total. The Morgan fingerprint density at radius 1 is 1.53 bits per heavy atom. The minimum Gasteiger partial charge on any atom is -0.373 e. The van der Waals surface area contributed by atoms with Crippen LogP contribution in [0.5, 0.6) is 0 Å². The highest BCUT2D eigenvalue weighted by molar-refractivity contribution is 5.87. The molecule has 5 heteroatoms. The lowest BCUT2D eigenvalue weighted by Crippen LogP contribution is -2.44. The second-order valence-electron chi connectivity index (χ2n) is 5.17. The number of para-hydroxylation sites is 1. The van der Waals surface area contributed by atoms with Gasteiger partial charge in [0.25, 0.3) is 0 Å². The van der Waals surface area contributed by atoms with Gasteiger partial charge in [-0.1, -0.05) is 18.2 Å². The Labute approximate surface area is 112 Å². The first-order chi connectivity index (χ1) is 9.24. The summed E-state index contributed by atoms with van der Waals surface area (Å²) >= 11 is 0. The zero-order valence-electron chi connectivity index (χ0n) is 11.0. The molecule has 1 aromatic carbocycles. The average molecular weight is 261 g/mol. The van der Waals surface area contributed by atoms with Gasteiger partial charge in [0.05, 0.1) is 13.3 Å². The van der Waals surface area contributed by atoms with Crippen molar-refractivity contribution in [2.45, 2.75) is 25.4 Å². The van der Waals surface area contributed by atoms with E-state index >= 15 is 0 Å². The van der Waals surface area contributed by atoms with Gasteiger partial charge in [-0.3, -0.25) is 10.1 Å². The molecule has 2 heterocycles. The molecule has 3 rings (SSSR count). The molecule has 2 unspecified atom stereocenters. The van der Waals surface area contributed by atoms with Crippen LogP contribution in [0.25, 0.3) is 0 Å². The van der Waals surface area contributed by atoms with E-state index in [2.05, 4.69) is 35.0 Å². The SMILES string of the molecule is Cc1cccc2c1NC(C(=O)NCC1COCN1)C2. The maximum absolute atomic E-state index is 12.1. The van der Waals surface area contributed by atoms with Gasteiger partial charge in [0.1, 0.15) is 6.04 Å². The third-order valence-corrected chi connectivity index (χ3v) is 3.73. The quantitative estimate of drug-likeness (QED) is 0.737. The minimum absolute atomic E-state index is 0.0595. The third kappa shape index (κ3) is 2.57. The van der Waals surface area contributed by atoms with Crippen molar-refractivity contribution >= 4 is 11.6 Å². The Hall–Kier alpha value is -1.59. The van der Waals surface area contributed by atoms with Crippen LogP contribution in [0.1, 0.15) is 11.1 Å². The molecular weight excluding hydrogens is 242 g/mol. The normalized spacial score (nSPS) is 24.9. The lowest BCUT2D eigenvalue weighted by atomic mass is 10.1. The van der Waals surface area contributed by atoms with Crippen LogP contribution in [0.15, 0.2) is 18.2 Å². The lowest BCUT2D eigenvalue weighted by Gasteiger charge is -2.14. The number of amides is 1. The van der Waals surface area contributed by atoms with Gasteiger partial charge in [-0.25, -0.2) is 0 Å². The predicted molar refractivity (Wildman–Crippen MR) is 73.0 cm³/mol. The van der Waals surface area contributed by atoms with Gasteiger partial charge < -0.3 is 15.4 Å². The summed E-state index contributed by atoms with van der Waals surface area (Å²) in [5.74, 6) is 0.0595. The summed E-state index contributed by atoms with van der Waals surface area (Å²) in [5, 5.41) is 9.46. The molecule has 2 atom stereocenters. The van der Waals surface area contributed by atoms with Crippen molar-refractivity contribution in [2.75, 3.05) is 25.2 Å². The number of hydrogen-bond acceptors (Lipinski definition) is 4. The van der Waals surface area contributed by atoms with E-state index in [4.69, 9.17) is 4.74 Å². The van der Waals surface area contributed by atoms with Gasteiger partial charge in [-0.05, 0) is 18.1 Å². The minimum atomic E-state index is -0.154. The monoisotopic (exact) mass is 261 g/mol. The molecule has 0 spiro atoms. The highest BCUT2D eigenvalue weighted by atomic mass is 16.5. The number of anilines is 1. The fraction of sp³-hybridized carbons (Fsp3) is 0.500. The van der Waals surface area contributed by atoms with E-state index in [9.17, 15) is 4.79 Å².